The topological polar surface area (TPSA) is 72.5 Å². The van der Waals surface area contributed by atoms with Gasteiger partial charge in [-0.1, -0.05) is 48.5 Å². The summed E-state index contributed by atoms with van der Waals surface area (Å²) in [4.78, 5) is 29.0. The lowest BCUT2D eigenvalue weighted by molar-refractivity contribution is 0.0937. The maximum atomic E-state index is 13.3. The highest BCUT2D eigenvalue weighted by Crippen LogP contribution is 2.37. The number of benzene rings is 4. The van der Waals surface area contributed by atoms with Crippen LogP contribution in [-0.2, 0) is 11.2 Å². The first-order chi connectivity index (χ1) is 16.5. The molecular formula is C28H24N2O3S. The Morgan fingerprint density at radius 3 is 2.47 bits per heavy atom. The van der Waals surface area contributed by atoms with Gasteiger partial charge in [0.15, 0.2) is 9.79 Å². The molecule has 0 saturated carbocycles. The Morgan fingerprint density at radius 1 is 0.941 bits per heavy atom. The maximum Gasteiger partial charge on any atom is 0.263 e. The van der Waals surface area contributed by atoms with Gasteiger partial charge in [0, 0.05) is 23.3 Å². The molecule has 5 nitrogen and oxygen atoms in total. The predicted octanol–water partition coefficient (Wildman–Crippen LogP) is 5.48. The highest BCUT2D eigenvalue weighted by molar-refractivity contribution is 7.91. The molecule has 0 bridgehead atoms. The van der Waals surface area contributed by atoms with Gasteiger partial charge in [-0.25, -0.2) is 0 Å². The van der Waals surface area contributed by atoms with Gasteiger partial charge in [0.05, 0.1) is 11.6 Å². The van der Waals surface area contributed by atoms with Crippen LogP contribution in [0.1, 0.15) is 46.2 Å². The number of hydrogen-bond acceptors (Lipinski definition) is 3. The summed E-state index contributed by atoms with van der Waals surface area (Å²) in [6.45, 7) is 4.21. The Bertz CT molecular complexity index is 1420. The van der Waals surface area contributed by atoms with E-state index in [0.29, 0.717) is 33.2 Å². The lowest BCUT2D eigenvalue weighted by Crippen LogP contribution is -2.31. The van der Waals surface area contributed by atoms with Gasteiger partial charge in [0.2, 0.25) is 0 Å². The molecular weight excluding hydrogens is 444 g/mol. The first kappa shape index (κ1) is 22.2. The van der Waals surface area contributed by atoms with Crippen molar-refractivity contribution in [2.24, 2.45) is 0 Å². The third-order valence-electron chi connectivity index (χ3n) is 6.21. The highest BCUT2D eigenvalue weighted by atomic mass is 32.2. The smallest absolute Gasteiger partial charge is 0.263 e. The molecule has 34 heavy (non-hydrogen) atoms. The van der Waals surface area contributed by atoms with Crippen molar-refractivity contribution in [3.05, 3.63) is 102 Å². The van der Waals surface area contributed by atoms with Crippen molar-refractivity contribution in [3.63, 3.8) is 0 Å². The minimum Gasteiger partial charge on any atom is -0.606 e. The van der Waals surface area contributed by atoms with E-state index >= 15 is 0 Å². The molecule has 5 rings (SSSR count). The van der Waals surface area contributed by atoms with E-state index in [0.717, 1.165) is 16.3 Å². The lowest BCUT2D eigenvalue weighted by atomic mass is 10.0. The second kappa shape index (κ2) is 8.97. The highest BCUT2D eigenvalue weighted by Gasteiger charge is 2.35. The van der Waals surface area contributed by atoms with Crippen LogP contribution in [0.3, 0.4) is 0 Å². The molecule has 1 unspecified atom stereocenters. The van der Waals surface area contributed by atoms with Crippen LogP contribution >= 0.6 is 0 Å². The summed E-state index contributed by atoms with van der Waals surface area (Å²) in [7, 11) is 0. The summed E-state index contributed by atoms with van der Waals surface area (Å²) in [5.41, 5.74) is 2.35. The molecule has 1 aliphatic heterocycles. The molecule has 0 saturated heterocycles. The summed E-state index contributed by atoms with van der Waals surface area (Å²) in [6, 6.07) is 26.0. The number of hydrogen-bond donors (Lipinski definition) is 1. The van der Waals surface area contributed by atoms with Crippen LogP contribution in [0.15, 0.2) is 94.7 Å². The van der Waals surface area contributed by atoms with Crippen molar-refractivity contribution in [2.45, 2.75) is 29.7 Å². The molecule has 0 spiro atoms. The third kappa shape index (κ3) is 3.85. The molecule has 1 aliphatic rings. The molecule has 4 aromatic carbocycles. The van der Waals surface area contributed by atoms with E-state index in [9.17, 15) is 14.1 Å². The van der Waals surface area contributed by atoms with Gasteiger partial charge in [-0.2, -0.15) is 0 Å². The van der Waals surface area contributed by atoms with Crippen LogP contribution in [0.4, 0.5) is 5.69 Å². The van der Waals surface area contributed by atoms with Crippen molar-refractivity contribution in [1.29, 1.82) is 0 Å². The van der Waals surface area contributed by atoms with Gasteiger partial charge in [0.1, 0.15) is 5.69 Å². The van der Waals surface area contributed by atoms with E-state index in [1.807, 2.05) is 44.2 Å². The molecule has 1 N–H and O–H groups in total. The van der Waals surface area contributed by atoms with Gasteiger partial charge in [0.25, 0.3) is 11.8 Å². The summed E-state index contributed by atoms with van der Waals surface area (Å²) in [5.74, 6) is -0.466. The number of carbonyl (C=O) groups is 2. The monoisotopic (exact) mass is 468 g/mol. The first-order valence-corrected chi connectivity index (χ1v) is 12.4. The molecule has 2 atom stereocenters. The Balaban J connectivity index is 1.46. The molecule has 6 heteroatoms. The van der Waals surface area contributed by atoms with Gasteiger partial charge in [-0.05, 0) is 66.6 Å². The van der Waals surface area contributed by atoms with Crippen LogP contribution in [0.2, 0.25) is 0 Å². The average Bonchev–Trinajstić information content (AvgIpc) is 2.96. The number of nitrogens with zero attached hydrogens (tertiary/aromatic N) is 1. The van der Waals surface area contributed by atoms with Crippen molar-refractivity contribution in [1.82, 2.24) is 5.32 Å². The molecule has 0 aliphatic carbocycles. The van der Waals surface area contributed by atoms with Gasteiger partial charge in [-0.15, -0.1) is 0 Å². The molecule has 2 amide bonds. The van der Waals surface area contributed by atoms with E-state index in [1.54, 1.807) is 47.4 Å². The van der Waals surface area contributed by atoms with E-state index in [4.69, 9.17) is 0 Å². The first-order valence-electron chi connectivity index (χ1n) is 11.2. The summed E-state index contributed by atoms with van der Waals surface area (Å²) in [6.07, 6.45) is 0. The zero-order valence-electron chi connectivity index (χ0n) is 18.9. The Kier molecular flexibility index (Phi) is 5.86. The van der Waals surface area contributed by atoms with Gasteiger partial charge in [-0.3, -0.25) is 9.59 Å². The van der Waals surface area contributed by atoms with Crippen LogP contribution in [0, 0.1) is 0 Å². The minimum absolute atomic E-state index is 0.210. The molecule has 170 valence electrons. The maximum absolute atomic E-state index is 13.3. The molecule has 0 radical (unpaired) electrons. The normalized spacial score (nSPS) is 15.9. The Hall–Kier alpha value is -3.61. The third-order valence-corrected chi connectivity index (χ3v) is 7.71. The molecule has 0 aromatic heterocycles. The zero-order valence-corrected chi connectivity index (χ0v) is 19.8. The SMILES string of the molecule is CCN1C(=O)c2ccccc2[S+]([O-])c2ccc(C(=O)N[C@H](C)c3ccc4ccccc4c3)cc21. The summed E-state index contributed by atoms with van der Waals surface area (Å²) < 4.78 is 13.3. The van der Waals surface area contributed by atoms with Crippen LogP contribution in [0.5, 0.6) is 0 Å². The number of rotatable bonds is 4. The number of anilines is 1. The van der Waals surface area contributed by atoms with E-state index in [2.05, 4.69) is 17.4 Å². The van der Waals surface area contributed by atoms with Crippen molar-refractivity contribution < 1.29 is 14.1 Å². The van der Waals surface area contributed by atoms with Crippen molar-refractivity contribution in [2.75, 3.05) is 11.4 Å². The number of amides is 2. The van der Waals surface area contributed by atoms with Crippen LogP contribution in [0.25, 0.3) is 10.8 Å². The van der Waals surface area contributed by atoms with E-state index < -0.39 is 11.2 Å². The minimum atomic E-state index is -1.52. The second-order valence-corrected chi connectivity index (χ2v) is 9.72. The van der Waals surface area contributed by atoms with Gasteiger partial charge < -0.3 is 14.8 Å². The average molecular weight is 469 g/mol. The fraction of sp³-hybridized carbons (Fsp3) is 0.143. The zero-order chi connectivity index (χ0) is 23.8. The number of carbonyl (C=O) groups excluding carboxylic acids is 2. The molecule has 0 fully saturated rings. The largest absolute Gasteiger partial charge is 0.606 e. The predicted molar refractivity (Wildman–Crippen MR) is 135 cm³/mol. The summed E-state index contributed by atoms with van der Waals surface area (Å²) in [5, 5.41) is 5.32. The quantitative estimate of drug-likeness (QED) is 0.403. The van der Waals surface area contributed by atoms with E-state index in [1.165, 1.54) is 0 Å². The van der Waals surface area contributed by atoms with Crippen LogP contribution < -0.4 is 10.2 Å². The van der Waals surface area contributed by atoms with Crippen LogP contribution in [-0.4, -0.2) is 22.9 Å². The Labute approximate surface area is 201 Å². The molecule has 1 heterocycles. The standard InChI is InChI=1S/C28H24N2O3S/c1-3-30-24-17-22(14-15-26(24)34(33)25-11-7-6-10-23(25)28(30)32)27(31)29-18(2)20-13-12-19-8-4-5-9-21(19)16-20/h4-18H,3H2,1-2H3,(H,29,31)/t18-,34?/m1/s1. The number of fused-ring (bicyclic) bond motifs is 3. The fourth-order valence-electron chi connectivity index (χ4n) is 4.36. The Morgan fingerprint density at radius 2 is 1.68 bits per heavy atom. The van der Waals surface area contributed by atoms with E-state index in [-0.39, 0.29) is 17.9 Å². The van der Waals surface area contributed by atoms with Crippen molar-refractivity contribution in [3.8, 4) is 0 Å². The number of nitrogens with one attached hydrogen (secondary N) is 1. The lowest BCUT2D eigenvalue weighted by Gasteiger charge is -2.21. The molecule has 4 aromatic rings. The fourth-order valence-corrected chi connectivity index (χ4v) is 5.70. The second-order valence-electron chi connectivity index (χ2n) is 8.30. The summed E-state index contributed by atoms with van der Waals surface area (Å²) >= 11 is -1.52. The van der Waals surface area contributed by atoms with Crippen molar-refractivity contribution >= 4 is 39.5 Å². The van der Waals surface area contributed by atoms with Gasteiger partial charge >= 0.3 is 0 Å².